The number of imidazole rings is 1. The van der Waals surface area contributed by atoms with Crippen LogP contribution in [0.3, 0.4) is 0 Å². The van der Waals surface area contributed by atoms with Crippen LogP contribution < -0.4 is 10.3 Å². The highest BCUT2D eigenvalue weighted by Gasteiger charge is 2.30. The van der Waals surface area contributed by atoms with Gasteiger partial charge in [0, 0.05) is 38.6 Å². The summed E-state index contributed by atoms with van der Waals surface area (Å²) in [5, 5.41) is 14.0. The van der Waals surface area contributed by atoms with Gasteiger partial charge in [-0.15, -0.1) is 5.10 Å². The van der Waals surface area contributed by atoms with Gasteiger partial charge in [-0.25, -0.2) is 17.9 Å². The van der Waals surface area contributed by atoms with Crippen LogP contribution in [0.2, 0.25) is 0 Å². The molecule has 2 aromatic heterocycles. The molecule has 0 unspecified atom stereocenters. The third kappa shape index (κ3) is 4.97. The molecule has 1 aliphatic heterocycles. The molecular weight excluding hydrogens is 508 g/mol. The van der Waals surface area contributed by atoms with E-state index in [0.717, 1.165) is 31.5 Å². The van der Waals surface area contributed by atoms with E-state index >= 15 is 0 Å². The lowest BCUT2D eigenvalue weighted by Crippen LogP contribution is -2.49. The second-order valence-electron chi connectivity index (χ2n) is 9.88. The summed E-state index contributed by atoms with van der Waals surface area (Å²) < 4.78 is 36.1. The molecule has 38 heavy (non-hydrogen) atoms. The number of aliphatic hydroxyl groups excluding tert-OH is 1. The van der Waals surface area contributed by atoms with Crippen LogP contribution in [0.5, 0.6) is 5.75 Å². The number of nitrogens with one attached hydrogen (secondary N) is 1. The summed E-state index contributed by atoms with van der Waals surface area (Å²) in [6.45, 7) is 6.55. The summed E-state index contributed by atoms with van der Waals surface area (Å²) >= 11 is 0. The van der Waals surface area contributed by atoms with Crippen LogP contribution in [0.4, 0.5) is 0 Å². The smallest absolute Gasteiger partial charge is 0.277 e. The number of ether oxygens (including phenoxy) is 1. The minimum absolute atomic E-state index is 0.0453. The SMILES string of the molecule is CCOc1ccc(S(=O)(=O)N2CCN(CCO)CC2)cc1-c1nn2c(C3CCCC3)nc(CC)c2c(=O)[nH]1. The van der Waals surface area contributed by atoms with Crippen molar-refractivity contribution in [1.82, 2.24) is 28.8 Å². The minimum Gasteiger partial charge on any atom is -0.493 e. The van der Waals surface area contributed by atoms with Crippen LogP contribution >= 0.6 is 0 Å². The molecule has 11 nitrogen and oxygen atoms in total. The molecule has 12 heteroatoms. The molecule has 206 valence electrons. The predicted octanol–water partition coefficient (Wildman–Crippen LogP) is 2.00. The molecule has 0 radical (unpaired) electrons. The van der Waals surface area contributed by atoms with E-state index in [2.05, 4.69) is 4.98 Å². The predicted molar refractivity (Wildman–Crippen MR) is 143 cm³/mol. The quantitative estimate of drug-likeness (QED) is 0.418. The number of piperazine rings is 1. The number of aliphatic hydroxyl groups is 1. The fourth-order valence-corrected chi connectivity index (χ4v) is 6.98. The maximum atomic E-state index is 13.6. The van der Waals surface area contributed by atoms with Crippen LogP contribution in [-0.4, -0.2) is 88.2 Å². The van der Waals surface area contributed by atoms with Gasteiger partial charge in [0.05, 0.1) is 29.4 Å². The number of aromatic nitrogens is 4. The molecule has 0 spiro atoms. The van der Waals surface area contributed by atoms with Crippen molar-refractivity contribution >= 4 is 15.5 Å². The van der Waals surface area contributed by atoms with Gasteiger partial charge in [-0.3, -0.25) is 9.69 Å². The standard InChI is InChI=1S/C26H36N6O5S/c1-3-21-23-26(34)28-24(29-32(23)25(27-21)18-7-5-6-8-18)20-17-19(9-10-22(20)37-4-2)38(35,36)31-13-11-30(12-14-31)15-16-33/h9-10,17-18,33H,3-8,11-16H2,1-2H3,(H,28,29,34). The molecule has 1 aromatic carbocycles. The van der Waals surface area contributed by atoms with Gasteiger partial charge in [0.15, 0.2) is 11.3 Å². The number of hydrogen-bond donors (Lipinski definition) is 2. The Balaban J connectivity index is 1.58. The molecule has 2 aliphatic rings. The fourth-order valence-electron chi connectivity index (χ4n) is 5.53. The molecule has 3 heterocycles. The Labute approximate surface area is 222 Å². The summed E-state index contributed by atoms with van der Waals surface area (Å²) in [4.78, 5) is 23.2. The summed E-state index contributed by atoms with van der Waals surface area (Å²) in [7, 11) is -3.79. The van der Waals surface area contributed by atoms with E-state index in [-0.39, 0.29) is 28.8 Å². The summed E-state index contributed by atoms with van der Waals surface area (Å²) in [6, 6.07) is 4.70. The van der Waals surface area contributed by atoms with Crippen LogP contribution in [0.1, 0.15) is 57.0 Å². The monoisotopic (exact) mass is 544 g/mol. The zero-order valence-electron chi connectivity index (χ0n) is 22.0. The Bertz CT molecular complexity index is 1450. The number of aryl methyl sites for hydroxylation is 1. The van der Waals surface area contributed by atoms with Crippen molar-refractivity contribution in [3.8, 4) is 17.1 Å². The number of aromatic amines is 1. The van der Waals surface area contributed by atoms with Crippen LogP contribution in [0, 0.1) is 0 Å². The fraction of sp³-hybridized carbons (Fsp3) is 0.577. The second kappa shape index (κ2) is 11.1. The zero-order valence-corrected chi connectivity index (χ0v) is 22.8. The molecule has 3 aromatic rings. The average molecular weight is 545 g/mol. The van der Waals surface area contributed by atoms with E-state index < -0.39 is 10.0 Å². The third-order valence-corrected chi connectivity index (χ3v) is 9.44. The van der Waals surface area contributed by atoms with Crippen LogP contribution in [0.25, 0.3) is 16.9 Å². The number of sulfonamides is 1. The Morgan fingerprint density at radius 3 is 2.53 bits per heavy atom. The number of hydrogen-bond acceptors (Lipinski definition) is 8. The molecule has 0 atom stereocenters. The average Bonchev–Trinajstić information content (AvgIpc) is 3.58. The number of fused-ring (bicyclic) bond motifs is 1. The van der Waals surface area contributed by atoms with Crippen molar-refractivity contribution in [3.05, 3.63) is 40.1 Å². The van der Waals surface area contributed by atoms with Crippen molar-refractivity contribution in [2.75, 3.05) is 45.9 Å². The van der Waals surface area contributed by atoms with Gasteiger partial charge in [0.2, 0.25) is 10.0 Å². The molecule has 5 rings (SSSR count). The van der Waals surface area contributed by atoms with Crippen molar-refractivity contribution in [3.63, 3.8) is 0 Å². The van der Waals surface area contributed by atoms with Crippen LogP contribution in [0.15, 0.2) is 27.9 Å². The highest BCUT2D eigenvalue weighted by Crippen LogP contribution is 2.35. The normalized spacial score (nSPS) is 18.0. The third-order valence-electron chi connectivity index (χ3n) is 7.55. The molecule has 1 aliphatic carbocycles. The molecule has 1 saturated heterocycles. The summed E-state index contributed by atoms with van der Waals surface area (Å²) in [5.74, 6) is 1.73. The molecular formula is C26H36N6O5S. The van der Waals surface area contributed by atoms with Crippen molar-refractivity contribution in [1.29, 1.82) is 0 Å². The van der Waals surface area contributed by atoms with E-state index in [9.17, 15) is 18.3 Å². The molecule has 0 bridgehead atoms. The van der Waals surface area contributed by atoms with Crippen molar-refractivity contribution in [2.45, 2.75) is 56.8 Å². The Morgan fingerprint density at radius 2 is 1.87 bits per heavy atom. The van der Waals surface area contributed by atoms with E-state index in [4.69, 9.17) is 14.8 Å². The highest BCUT2D eigenvalue weighted by atomic mass is 32.2. The molecule has 1 saturated carbocycles. The topological polar surface area (TPSA) is 133 Å². The van der Waals surface area contributed by atoms with Gasteiger partial charge in [0.25, 0.3) is 5.56 Å². The number of nitrogens with zero attached hydrogens (tertiary/aromatic N) is 5. The van der Waals surface area contributed by atoms with Gasteiger partial charge < -0.3 is 14.8 Å². The lowest BCUT2D eigenvalue weighted by atomic mass is 10.1. The van der Waals surface area contributed by atoms with Crippen molar-refractivity contribution < 1.29 is 18.3 Å². The number of β-amino-alcohol motifs (C(OH)–C–C–N with tert-alkyl or cyclic N) is 1. The van der Waals surface area contributed by atoms with Gasteiger partial charge in [0.1, 0.15) is 11.6 Å². The minimum atomic E-state index is -3.79. The van der Waals surface area contributed by atoms with E-state index in [1.165, 1.54) is 16.4 Å². The maximum absolute atomic E-state index is 13.6. The molecule has 2 N–H and O–H groups in total. The summed E-state index contributed by atoms with van der Waals surface area (Å²) in [5.41, 5.74) is 1.27. The second-order valence-corrected chi connectivity index (χ2v) is 11.8. The van der Waals surface area contributed by atoms with E-state index in [0.29, 0.717) is 68.3 Å². The van der Waals surface area contributed by atoms with Crippen LogP contribution in [-0.2, 0) is 16.4 Å². The first kappa shape index (κ1) is 26.8. The Kier molecular flexibility index (Phi) is 7.85. The summed E-state index contributed by atoms with van der Waals surface area (Å²) in [6.07, 6.45) is 4.88. The number of benzene rings is 1. The first-order chi connectivity index (χ1) is 18.4. The van der Waals surface area contributed by atoms with E-state index in [1.807, 2.05) is 18.7 Å². The zero-order chi connectivity index (χ0) is 26.9. The van der Waals surface area contributed by atoms with Crippen molar-refractivity contribution in [2.24, 2.45) is 0 Å². The van der Waals surface area contributed by atoms with Gasteiger partial charge in [-0.1, -0.05) is 19.8 Å². The van der Waals surface area contributed by atoms with Gasteiger partial charge in [-0.2, -0.15) is 4.31 Å². The van der Waals surface area contributed by atoms with Gasteiger partial charge >= 0.3 is 0 Å². The largest absolute Gasteiger partial charge is 0.493 e. The Morgan fingerprint density at radius 1 is 1.13 bits per heavy atom. The Hall–Kier alpha value is -2.80. The highest BCUT2D eigenvalue weighted by molar-refractivity contribution is 7.89. The molecule has 2 fully saturated rings. The first-order valence-electron chi connectivity index (χ1n) is 13.5. The maximum Gasteiger partial charge on any atom is 0.277 e. The number of rotatable bonds is 9. The van der Waals surface area contributed by atoms with E-state index in [1.54, 1.807) is 10.6 Å². The number of H-pyrrole nitrogens is 1. The van der Waals surface area contributed by atoms with Gasteiger partial charge in [-0.05, 0) is 44.4 Å². The lowest BCUT2D eigenvalue weighted by molar-refractivity contribution is 0.151. The lowest BCUT2D eigenvalue weighted by Gasteiger charge is -2.33. The molecule has 0 amide bonds. The first-order valence-corrected chi connectivity index (χ1v) is 14.9.